The van der Waals surface area contributed by atoms with Crippen LogP contribution in [0, 0.1) is 0 Å². The third kappa shape index (κ3) is 3.49. The van der Waals surface area contributed by atoms with Crippen LogP contribution in [-0.4, -0.2) is 33.0 Å². The number of rotatable bonds is 3. The van der Waals surface area contributed by atoms with Crippen LogP contribution in [0.3, 0.4) is 0 Å². The van der Waals surface area contributed by atoms with E-state index in [0.29, 0.717) is 17.9 Å². The van der Waals surface area contributed by atoms with E-state index in [0.717, 1.165) is 36.4 Å². The number of piperidine rings is 1. The number of benzene rings is 1. The smallest absolute Gasteiger partial charge is 0.392 e. The fourth-order valence-electron chi connectivity index (χ4n) is 3.60. The quantitative estimate of drug-likeness (QED) is 0.756. The summed E-state index contributed by atoms with van der Waals surface area (Å²) in [5.41, 5.74) is 0.663. The van der Waals surface area contributed by atoms with Crippen LogP contribution in [0.25, 0.3) is 10.9 Å². The molecule has 0 bridgehead atoms. The molecule has 0 saturated carbocycles. The second-order valence-electron chi connectivity index (χ2n) is 6.74. The molecule has 0 aliphatic carbocycles. The van der Waals surface area contributed by atoms with Gasteiger partial charge in [0.05, 0.1) is 18.2 Å². The third-order valence-electron chi connectivity index (χ3n) is 4.92. The van der Waals surface area contributed by atoms with Crippen LogP contribution in [0.5, 0.6) is 0 Å². The second kappa shape index (κ2) is 6.84. The highest BCUT2D eigenvalue weighted by molar-refractivity contribution is 5.81. The van der Waals surface area contributed by atoms with E-state index in [-0.39, 0.29) is 12.6 Å². The Morgan fingerprint density at radius 3 is 2.74 bits per heavy atom. The van der Waals surface area contributed by atoms with Crippen molar-refractivity contribution in [1.82, 2.24) is 14.8 Å². The maximum absolute atomic E-state index is 12.8. The van der Waals surface area contributed by atoms with Crippen LogP contribution in [-0.2, 0) is 12.8 Å². The summed E-state index contributed by atoms with van der Waals surface area (Å²) in [4.78, 5) is 6.73. The number of anilines is 1. The summed E-state index contributed by atoms with van der Waals surface area (Å²) in [5.74, 6) is 0.684. The predicted molar refractivity (Wildman–Crippen MR) is 95.4 cm³/mol. The van der Waals surface area contributed by atoms with Crippen molar-refractivity contribution in [1.29, 1.82) is 0 Å². The molecular weight excluding hydrogens is 357 g/mol. The lowest BCUT2D eigenvalue weighted by molar-refractivity contribution is -0.141. The molecule has 3 heterocycles. The Labute approximate surface area is 154 Å². The Hall–Kier alpha value is -2.61. The Morgan fingerprint density at radius 2 is 2.00 bits per heavy atom. The molecule has 2 aromatic heterocycles. The van der Waals surface area contributed by atoms with Crippen LogP contribution >= 0.6 is 0 Å². The number of para-hydroxylation sites is 1. The molecule has 3 aromatic rings. The lowest BCUT2D eigenvalue weighted by Gasteiger charge is -2.34. The summed E-state index contributed by atoms with van der Waals surface area (Å²) < 4.78 is 39.9. The first-order valence-electron chi connectivity index (χ1n) is 8.82. The number of aromatic nitrogens is 3. The van der Waals surface area contributed by atoms with Gasteiger partial charge in [0, 0.05) is 30.2 Å². The zero-order chi connectivity index (χ0) is 19.0. The van der Waals surface area contributed by atoms with Gasteiger partial charge in [0.25, 0.3) is 0 Å². The van der Waals surface area contributed by atoms with Gasteiger partial charge in [0.2, 0.25) is 0 Å². The zero-order valence-electron chi connectivity index (χ0n) is 14.5. The third-order valence-corrected chi connectivity index (χ3v) is 4.92. The van der Waals surface area contributed by atoms with Gasteiger partial charge in [-0.3, -0.25) is 4.68 Å². The van der Waals surface area contributed by atoms with Crippen molar-refractivity contribution in [3.63, 3.8) is 0 Å². The maximum atomic E-state index is 12.8. The second-order valence-corrected chi connectivity index (χ2v) is 6.74. The van der Waals surface area contributed by atoms with E-state index in [4.69, 9.17) is 4.98 Å². The van der Waals surface area contributed by atoms with E-state index in [2.05, 4.69) is 5.10 Å². The van der Waals surface area contributed by atoms with Crippen molar-refractivity contribution >= 4 is 16.7 Å². The molecule has 8 heteroatoms. The summed E-state index contributed by atoms with van der Waals surface area (Å²) in [6.07, 6.45) is -1.50. The number of aliphatic hydroxyl groups is 1. The minimum absolute atomic E-state index is 0.145. The first-order valence-corrected chi connectivity index (χ1v) is 8.82. The average Bonchev–Trinajstić information content (AvgIpc) is 3.18. The molecule has 5 nitrogen and oxygen atoms in total. The molecule has 4 rings (SSSR count). The van der Waals surface area contributed by atoms with Gasteiger partial charge in [0.15, 0.2) is 5.69 Å². The molecule has 0 radical (unpaired) electrons. The summed E-state index contributed by atoms with van der Waals surface area (Å²) in [6, 6.07) is 10.4. The molecule has 1 saturated heterocycles. The van der Waals surface area contributed by atoms with Gasteiger partial charge in [-0.15, -0.1) is 0 Å². The molecule has 1 aromatic carbocycles. The molecule has 1 aliphatic rings. The zero-order valence-corrected chi connectivity index (χ0v) is 14.5. The normalized spacial score (nSPS) is 18.2. The van der Waals surface area contributed by atoms with E-state index >= 15 is 0 Å². The van der Waals surface area contributed by atoms with Crippen LogP contribution in [0.1, 0.15) is 30.1 Å². The summed E-state index contributed by atoms with van der Waals surface area (Å²) in [7, 11) is 0. The van der Waals surface area contributed by atoms with E-state index in [1.54, 1.807) is 0 Å². The summed E-state index contributed by atoms with van der Waals surface area (Å²) >= 11 is 0. The highest BCUT2D eigenvalue weighted by Gasteiger charge is 2.34. The number of hydrogen-bond donors (Lipinski definition) is 1. The number of halogens is 3. The fraction of sp³-hybridized carbons (Fsp3) is 0.368. The number of aliphatic hydroxyl groups excluding tert-OH is 1. The van der Waals surface area contributed by atoms with Crippen molar-refractivity contribution in [2.75, 3.05) is 18.0 Å². The molecule has 1 atom stereocenters. The SMILES string of the molecule is OCc1cc2ccccc2nc1N1CCCC(n2ccc(C(F)(F)F)n2)C1. The molecule has 1 fully saturated rings. The Kier molecular flexibility index (Phi) is 4.51. The van der Waals surface area contributed by atoms with Crippen molar-refractivity contribution < 1.29 is 18.3 Å². The standard InChI is InChI=1S/C19H19F3N4O/c20-19(21,22)17-7-9-26(24-17)15-5-3-8-25(11-15)18-14(12-27)10-13-4-1-2-6-16(13)23-18/h1-2,4,6-7,9-10,15,27H,3,5,8,11-12H2. The Balaban J connectivity index is 1.63. The van der Waals surface area contributed by atoms with E-state index in [1.807, 2.05) is 35.2 Å². The van der Waals surface area contributed by atoms with Crippen LogP contribution in [0.2, 0.25) is 0 Å². The van der Waals surface area contributed by atoms with Crippen LogP contribution in [0.4, 0.5) is 19.0 Å². The van der Waals surface area contributed by atoms with Crippen molar-refractivity contribution in [2.24, 2.45) is 0 Å². The number of hydrogen-bond acceptors (Lipinski definition) is 4. The maximum Gasteiger partial charge on any atom is 0.435 e. The molecule has 27 heavy (non-hydrogen) atoms. The molecule has 1 N–H and O–H groups in total. The number of nitrogens with zero attached hydrogens (tertiary/aromatic N) is 4. The minimum atomic E-state index is -4.44. The molecule has 142 valence electrons. The largest absolute Gasteiger partial charge is 0.435 e. The first kappa shape index (κ1) is 17.8. The van der Waals surface area contributed by atoms with Crippen molar-refractivity contribution in [3.8, 4) is 0 Å². The van der Waals surface area contributed by atoms with Crippen molar-refractivity contribution in [2.45, 2.75) is 31.7 Å². The van der Waals surface area contributed by atoms with Gasteiger partial charge in [-0.1, -0.05) is 18.2 Å². The molecule has 1 aliphatic heterocycles. The average molecular weight is 376 g/mol. The number of pyridine rings is 1. The topological polar surface area (TPSA) is 54.2 Å². The predicted octanol–water partition coefficient (Wildman–Crippen LogP) is 3.78. The fourth-order valence-corrected chi connectivity index (χ4v) is 3.60. The first-order chi connectivity index (χ1) is 13.0. The molecular formula is C19H19F3N4O. The van der Waals surface area contributed by atoms with Gasteiger partial charge < -0.3 is 10.0 Å². The van der Waals surface area contributed by atoms with Gasteiger partial charge in [0.1, 0.15) is 5.82 Å². The summed E-state index contributed by atoms with van der Waals surface area (Å²) in [6.45, 7) is 1.09. The van der Waals surface area contributed by atoms with Crippen LogP contribution < -0.4 is 4.90 Å². The Morgan fingerprint density at radius 1 is 1.19 bits per heavy atom. The monoisotopic (exact) mass is 376 g/mol. The van der Waals surface area contributed by atoms with Crippen molar-refractivity contribution in [3.05, 3.63) is 53.9 Å². The van der Waals surface area contributed by atoms with E-state index in [1.165, 1.54) is 10.9 Å². The molecule has 0 spiro atoms. The van der Waals surface area contributed by atoms with E-state index < -0.39 is 11.9 Å². The lowest BCUT2D eigenvalue weighted by Crippen LogP contribution is -2.38. The molecule has 0 amide bonds. The van der Waals surface area contributed by atoms with Crippen LogP contribution in [0.15, 0.2) is 42.6 Å². The van der Waals surface area contributed by atoms with Gasteiger partial charge in [-0.2, -0.15) is 18.3 Å². The highest BCUT2D eigenvalue weighted by Crippen LogP contribution is 2.31. The molecule has 1 unspecified atom stereocenters. The van der Waals surface area contributed by atoms with E-state index in [9.17, 15) is 18.3 Å². The van der Waals surface area contributed by atoms with Gasteiger partial charge in [-0.05, 0) is 31.0 Å². The van der Waals surface area contributed by atoms with Gasteiger partial charge >= 0.3 is 6.18 Å². The Bertz CT molecular complexity index is 954. The lowest BCUT2D eigenvalue weighted by atomic mass is 10.0. The number of fused-ring (bicyclic) bond motifs is 1. The number of alkyl halides is 3. The minimum Gasteiger partial charge on any atom is -0.392 e. The van der Waals surface area contributed by atoms with Gasteiger partial charge in [-0.25, -0.2) is 4.98 Å². The highest BCUT2D eigenvalue weighted by atomic mass is 19.4. The summed E-state index contributed by atoms with van der Waals surface area (Å²) in [5, 5.41) is 14.4.